The van der Waals surface area contributed by atoms with E-state index in [0.717, 1.165) is 47.9 Å². The highest BCUT2D eigenvalue weighted by atomic mass is 35.5. The van der Waals surface area contributed by atoms with Crippen molar-refractivity contribution in [3.8, 4) is 10.6 Å². The number of aromatic amines is 1. The van der Waals surface area contributed by atoms with Crippen molar-refractivity contribution in [2.75, 3.05) is 18.0 Å². The number of anilines is 1. The van der Waals surface area contributed by atoms with Crippen LogP contribution in [0.4, 0.5) is 5.82 Å². The zero-order chi connectivity index (χ0) is 19.6. The van der Waals surface area contributed by atoms with Gasteiger partial charge in [0.15, 0.2) is 5.82 Å². The Kier molecular flexibility index (Phi) is 5.73. The van der Waals surface area contributed by atoms with Crippen LogP contribution in [0.25, 0.3) is 10.6 Å². The second-order valence-corrected chi connectivity index (χ2v) is 10.0. The topological polar surface area (TPSA) is 78.1 Å². The molecule has 0 saturated carbocycles. The number of nitrogens with zero attached hydrogens (tertiary/aromatic N) is 2. The van der Waals surface area contributed by atoms with Crippen molar-refractivity contribution in [3.05, 3.63) is 58.4 Å². The fraction of sp³-hybridized carbons (Fsp3) is 0.316. The number of halogens is 1. The minimum absolute atomic E-state index is 0.0338. The molecule has 0 unspecified atom stereocenters. The largest absolute Gasteiger partial charge is 0.355 e. The van der Waals surface area contributed by atoms with E-state index in [1.807, 2.05) is 11.4 Å². The van der Waals surface area contributed by atoms with Crippen LogP contribution >= 0.6 is 22.9 Å². The first-order valence-corrected chi connectivity index (χ1v) is 12.0. The van der Waals surface area contributed by atoms with E-state index in [1.165, 1.54) is 0 Å². The van der Waals surface area contributed by atoms with Crippen LogP contribution < -0.4 is 9.62 Å². The van der Waals surface area contributed by atoms with Crippen LogP contribution in [0.5, 0.6) is 0 Å². The SMILES string of the molecule is O=S(=O)(Cc1ccc(Cl)cc1)NC1CCN(c2cc(-c3cccs3)[nH]n2)CC1. The first-order chi connectivity index (χ1) is 13.5. The highest BCUT2D eigenvalue weighted by Gasteiger charge is 2.25. The third-order valence-corrected chi connectivity index (χ3v) is 7.35. The van der Waals surface area contributed by atoms with Crippen LogP contribution in [0.15, 0.2) is 47.8 Å². The maximum absolute atomic E-state index is 12.5. The Hall–Kier alpha value is -1.87. The predicted octanol–water partition coefficient (Wildman–Crippen LogP) is 3.88. The molecule has 0 spiro atoms. The Labute approximate surface area is 173 Å². The number of hydrogen-bond acceptors (Lipinski definition) is 5. The fourth-order valence-electron chi connectivity index (χ4n) is 3.35. The second kappa shape index (κ2) is 8.24. The van der Waals surface area contributed by atoms with Crippen molar-refractivity contribution in [1.82, 2.24) is 14.9 Å². The molecule has 0 amide bonds. The Balaban J connectivity index is 1.32. The van der Waals surface area contributed by atoms with Gasteiger partial charge in [-0.2, -0.15) is 5.10 Å². The molecule has 28 heavy (non-hydrogen) atoms. The molecule has 3 heterocycles. The first-order valence-electron chi connectivity index (χ1n) is 9.07. The number of thiophene rings is 1. The van der Waals surface area contributed by atoms with Gasteiger partial charge in [-0.05, 0) is 42.0 Å². The van der Waals surface area contributed by atoms with E-state index in [4.69, 9.17) is 11.6 Å². The molecule has 0 bridgehead atoms. The lowest BCUT2D eigenvalue weighted by Gasteiger charge is -2.32. The summed E-state index contributed by atoms with van der Waals surface area (Å²) in [6.45, 7) is 1.53. The summed E-state index contributed by atoms with van der Waals surface area (Å²) < 4.78 is 27.8. The number of benzene rings is 1. The third-order valence-electron chi connectivity index (χ3n) is 4.79. The van der Waals surface area contributed by atoms with Gasteiger partial charge >= 0.3 is 0 Å². The van der Waals surface area contributed by atoms with Crippen molar-refractivity contribution in [3.63, 3.8) is 0 Å². The van der Waals surface area contributed by atoms with Crippen LogP contribution in [-0.2, 0) is 15.8 Å². The lowest BCUT2D eigenvalue weighted by atomic mass is 10.1. The monoisotopic (exact) mass is 436 g/mol. The molecule has 2 aromatic heterocycles. The fourth-order valence-corrected chi connectivity index (χ4v) is 5.63. The summed E-state index contributed by atoms with van der Waals surface area (Å²) in [7, 11) is -3.39. The van der Waals surface area contributed by atoms with Gasteiger partial charge in [-0.3, -0.25) is 5.10 Å². The molecule has 2 N–H and O–H groups in total. The average molecular weight is 437 g/mol. The first kappa shape index (κ1) is 19.4. The molecule has 1 aromatic carbocycles. The van der Waals surface area contributed by atoms with Crippen LogP contribution in [-0.4, -0.2) is 37.7 Å². The quantitative estimate of drug-likeness (QED) is 0.614. The van der Waals surface area contributed by atoms with E-state index in [9.17, 15) is 8.42 Å². The predicted molar refractivity (Wildman–Crippen MR) is 114 cm³/mol. The molecule has 0 atom stereocenters. The van der Waals surface area contributed by atoms with Gasteiger partial charge in [0.25, 0.3) is 0 Å². The van der Waals surface area contributed by atoms with Crippen LogP contribution in [0.2, 0.25) is 5.02 Å². The molecule has 0 radical (unpaired) electrons. The lowest BCUT2D eigenvalue weighted by molar-refractivity contribution is 0.458. The van der Waals surface area contributed by atoms with E-state index >= 15 is 0 Å². The molecule has 0 aliphatic carbocycles. The molecule has 148 valence electrons. The number of H-pyrrole nitrogens is 1. The molecular formula is C19H21ClN4O2S2. The number of rotatable bonds is 6. The summed E-state index contributed by atoms with van der Waals surface area (Å²) in [5.74, 6) is 0.874. The second-order valence-electron chi connectivity index (χ2n) is 6.88. The average Bonchev–Trinajstić information content (AvgIpc) is 3.35. The zero-order valence-electron chi connectivity index (χ0n) is 15.1. The molecule has 3 aromatic rings. The smallest absolute Gasteiger partial charge is 0.216 e. The highest BCUT2D eigenvalue weighted by Crippen LogP contribution is 2.27. The molecule has 4 rings (SSSR count). The zero-order valence-corrected chi connectivity index (χ0v) is 17.5. The van der Waals surface area contributed by atoms with E-state index in [1.54, 1.807) is 35.6 Å². The molecule has 1 aliphatic rings. The van der Waals surface area contributed by atoms with Crippen LogP contribution in [0.3, 0.4) is 0 Å². The van der Waals surface area contributed by atoms with Crippen molar-refractivity contribution < 1.29 is 8.42 Å². The van der Waals surface area contributed by atoms with Gasteiger partial charge in [-0.15, -0.1) is 11.3 Å². The summed E-state index contributed by atoms with van der Waals surface area (Å²) >= 11 is 7.53. The minimum atomic E-state index is -3.39. The summed E-state index contributed by atoms with van der Waals surface area (Å²) in [5.41, 5.74) is 1.74. The van der Waals surface area contributed by atoms with Gasteiger partial charge < -0.3 is 4.90 Å². The maximum Gasteiger partial charge on any atom is 0.216 e. The molecule has 6 nitrogen and oxygen atoms in total. The van der Waals surface area contributed by atoms with Gasteiger partial charge in [-0.1, -0.05) is 29.8 Å². The van der Waals surface area contributed by atoms with Crippen LogP contribution in [0, 0.1) is 0 Å². The third kappa shape index (κ3) is 4.75. The van der Waals surface area contributed by atoms with E-state index in [2.05, 4.69) is 32.0 Å². The molecule has 1 fully saturated rings. The van der Waals surface area contributed by atoms with Gasteiger partial charge in [0.2, 0.25) is 10.0 Å². The van der Waals surface area contributed by atoms with Gasteiger partial charge in [0, 0.05) is 30.2 Å². The lowest BCUT2D eigenvalue weighted by Crippen LogP contribution is -2.45. The molecule has 9 heteroatoms. The Bertz CT molecular complexity index is 1010. The summed E-state index contributed by atoms with van der Waals surface area (Å²) in [5, 5.41) is 10.1. The molecule has 1 aliphatic heterocycles. The maximum atomic E-state index is 12.5. The summed E-state index contributed by atoms with van der Waals surface area (Å²) in [6, 6.07) is 13.0. The van der Waals surface area contributed by atoms with E-state index < -0.39 is 10.0 Å². The number of aromatic nitrogens is 2. The van der Waals surface area contributed by atoms with Crippen molar-refractivity contribution in [1.29, 1.82) is 0 Å². The van der Waals surface area contributed by atoms with Crippen molar-refractivity contribution >= 4 is 38.8 Å². The molecule has 1 saturated heterocycles. The standard InChI is InChI=1S/C19H21ClN4O2S2/c20-15-5-3-14(4-6-15)13-28(25,26)23-16-7-9-24(10-8-16)19-12-17(21-22-19)18-2-1-11-27-18/h1-6,11-12,16,23H,7-10,13H2,(H,21,22). The molecular weight excluding hydrogens is 416 g/mol. The van der Waals surface area contributed by atoms with Gasteiger partial charge in [-0.25, -0.2) is 13.1 Å². The van der Waals surface area contributed by atoms with Crippen molar-refractivity contribution in [2.24, 2.45) is 0 Å². The summed E-state index contributed by atoms with van der Waals surface area (Å²) in [4.78, 5) is 3.35. The number of sulfonamides is 1. The summed E-state index contributed by atoms with van der Waals surface area (Å²) in [6.07, 6.45) is 1.50. The minimum Gasteiger partial charge on any atom is -0.355 e. The number of hydrogen-bond donors (Lipinski definition) is 2. The number of nitrogens with one attached hydrogen (secondary N) is 2. The van der Waals surface area contributed by atoms with Crippen molar-refractivity contribution in [2.45, 2.75) is 24.6 Å². The highest BCUT2D eigenvalue weighted by molar-refractivity contribution is 7.88. The van der Waals surface area contributed by atoms with E-state index in [-0.39, 0.29) is 11.8 Å². The Morgan fingerprint density at radius 2 is 1.96 bits per heavy atom. The van der Waals surface area contributed by atoms with E-state index in [0.29, 0.717) is 5.02 Å². The van der Waals surface area contributed by atoms with Gasteiger partial charge in [0.05, 0.1) is 16.3 Å². The Morgan fingerprint density at radius 1 is 1.21 bits per heavy atom. The van der Waals surface area contributed by atoms with Gasteiger partial charge in [0.1, 0.15) is 0 Å². The normalized spacial score (nSPS) is 15.8. The van der Waals surface area contributed by atoms with Crippen LogP contribution in [0.1, 0.15) is 18.4 Å². The number of piperidine rings is 1. The Morgan fingerprint density at radius 3 is 2.64 bits per heavy atom.